The van der Waals surface area contributed by atoms with E-state index in [2.05, 4.69) is 52.4 Å². The van der Waals surface area contributed by atoms with E-state index in [1.165, 1.54) is 0 Å². The highest BCUT2D eigenvalue weighted by Crippen LogP contribution is 2.20. The zero-order chi connectivity index (χ0) is 11.6. The van der Waals surface area contributed by atoms with Gasteiger partial charge in [-0.2, -0.15) is 0 Å². The van der Waals surface area contributed by atoms with Crippen LogP contribution in [0.25, 0.3) is 0 Å². The summed E-state index contributed by atoms with van der Waals surface area (Å²) in [4.78, 5) is 0. The quantitative estimate of drug-likeness (QED) is 0.676. The molecular weight excluding hydrogens is 248 g/mol. The molecular formula is C11H32O2Si3. The molecule has 0 aliphatic rings. The minimum Gasteiger partial charge on any atom is -0.437 e. The summed E-state index contributed by atoms with van der Waals surface area (Å²) in [5.41, 5.74) is 1.97. The first-order valence-corrected chi connectivity index (χ1v) is 14.2. The average molecular weight is 281 g/mol. The van der Waals surface area contributed by atoms with E-state index >= 15 is 0 Å². The van der Waals surface area contributed by atoms with Crippen molar-refractivity contribution in [3.8, 4) is 0 Å². The molecule has 0 bridgehead atoms. The fourth-order valence-corrected chi connectivity index (χ4v) is 13.3. The van der Waals surface area contributed by atoms with Gasteiger partial charge < -0.3 is 8.23 Å². The molecule has 0 spiro atoms. The Hall–Kier alpha value is 0.311. The van der Waals surface area contributed by atoms with E-state index in [4.69, 9.17) is 8.23 Å². The van der Waals surface area contributed by atoms with Gasteiger partial charge in [0.15, 0.2) is 16.6 Å². The maximum atomic E-state index is 6.12. The van der Waals surface area contributed by atoms with Crippen LogP contribution in [0.15, 0.2) is 12.3 Å². The third kappa shape index (κ3) is 10.8. The number of hydrogen-bond acceptors (Lipinski definition) is 2. The van der Waals surface area contributed by atoms with Gasteiger partial charge in [0.05, 0.1) is 0 Å². The van der Waals surface area contributed by atoms with Crippen molar-refractivity contribution in [1.82, 2.24) is 0 Å². The molecule has 5 heteroatoms. The molecule has 0 N–H and O–H groups in total. The first-order valence-electron chi connectivity index (χ1n) is 5.01. The normalized spacial score (nSPS) is 12.4. The van der Waals surface area contributed by atoms with Gasteiger partial charge in [0.2, 0.25) is 0 Å². The summed E-state index contributed by atoms with van der Waals surface area (Å²) in [7, 11) is -5.11. The van der Waals surface area contributed by atoms with Crippen LogP contribution >= 0.6 is 0 Å². The van der Waals surface area contributed by atoms with Gasteiger partial charge in [0, 0.05) is 0 Å². The van der Waals surface area contributed by atoms with Crippen molar-refractivity contribution in [1.29, 1.82) is 0 Å². The van der Waals surface area contributed by atoms with Gasteiger partial charge >= 0.3 is 8.56 Å². The van der Waals surface area contributed by atoms with Gasteiger partial charge in [-0.3, -0.25) is 0 Å². The summed E-state index contributed by atoms with van der Waals surface area (Å²) in [6, 6.07) is 0. The van der Waals surface area contributed by atoms with Crippen LogP contribution < -0.4 is 0 Å². The Balaban J connectivity index is -0.000000845. The molecule has 0 heterocycles. The predicted molar refractivity (Wildman–Crippen MR) is 84.1 cm³/mol. The summed E-state index contributed by atoms with van der Waals surface area (Å²) < 4.78 is 12.2. The first kappa shape index (κ1) is 21.6. The zero-order valence-corrected chi connectivity index (χ0v) is 13.6. The van der Waals surface area contributed by atoms with Gasteiger partial charge in [-0.25, -0.2) is 0 Å². The lowest BCUT2D eigenvalue weighted by atomic mass is 11.3. The molecule has 0 aliphatic carbocycles. The van der Waals surface area contributed by atoms with E-state index in [0.29, 0.717) is 0 Å². The van der Waals surface area contributed by atoms with E-state index in [-0.39, 0.29) is 14.9 Å². The monoisotopic (exact) mass is 280 g/mol. The molecule has 0 aromatic heterocycles. The van der Waals surface area contributed by atoms with Crippen molar-refractivity contribution in [2.75, 3.05) is 0 Å². The largest absolute Gasteiger partial charge is 0.437 e. The van der Waals surface area contributed by atoms with Crippen LogP contribution in [0.4, 0.5) is 0 Å². The van der Waals surface area contributed by atoms with E-state index in [1.54, 1.807) is 0 Å². The Morgan fingerprint density at radius 3 is 1.44 bits per heavy atom. The molecule has 0 unspecified atom stereocenters. The summed E-state index contributed by atoms with van der Waals surface area (Å²) in [5.74, 6) is 0. The lowest BCUT2D eigenvalue weighted by Crippen LogP contribution is -2.50. The molecule has 0 aliphatic heterocycles. The smallest absolute Gasteiger partial charge is 0.311 e. The first-order chi connectivity index (χ1) is 5.97. The van der Waals surface area contributed by atoms with E-state index in [9.17, 15) is 0 Å². The molecule has 0 rings (SSSR count). The van der Waals surface area contributed by atoms with E-state index in [1.807, 2.05) is 5.70 Å². The van der Waals surface area contributed by atoms with Crippen LogP contribution in [0.3, 0.4) is 0 Å². The topological polar surface area (TPSA) is 18.5 Å². The molecule has 100 valence electrons. The SMILES string of the molecule is C.C.C=C[Si](C)(C)O[Si](C)(C)O[Si](C)(C)C. The highest BCUT2D eigenvalue weighted by molar-refractivity contribution is 6.89. The van der Waals surface area contributed by atoms with Gasteiger partial charge in [0.1, 0.15) is 0 Å². The van der Waals surface area contributed by atoms with Gasteiger partial charge in [-0.1, -0.05) is 20.6 Å². The van der Waals surface area contributed by atoms with Gasteiger partial charge in [-0.15, -0.1) is 6.58 Å². The van der Waals surface area contributed by atoms with Crippen LogP contribution in [0, 0.1) is 0 Å². The lowest BCUT2D eigenvalue weighted by molar-refractivity contribution is 0.398. The van der Waals surface area contributed by atoms with E-state index < -0.39 is 25.2 Å². The number of rotatable bonds is 5. The van der Waals surface area contributed by atoms with E-state index in [0.717, 1.165) is 0 Å². The Morgan fingerprint density at radius 2 is 1.19 bits per heavy atom. The third-order valence-electron chi connectivity index (χ3n) is 1.55. The molecule has 0 fully saturated rings. The molecule has 0 saturated carbocycles. The van der Waals surface area contributed by atoms with Crippen LogP contribution in [-0.4, -0.2) is 25.2 Å². The standard InChI is InChI=1S/C9H24O2Si3.2CH4/c1-9-13(5,6)11-14(7,8)10-12(2,3)4;;/h9H,1H2,2-8H3;2*1H4. The van der Waals surface area contributed by atoms with Crippen molar-refractivity contribution in [3.05, 3.63) is 12.3 Å². The zero-order valence-electron chi connectivity index (χ0n) is 10.6. The van der Waals surface area contributed by atoms with Crippen LogP contribution in [0.5, 0.6) is 0 Å². The fraction of sp³-hybridized carbons (Fsp3) is 0.818. The van der Waals surface area contributed by atoms with Crippen LogP contribution in [-0.2, 0) is 8.23 Å². The minimum atomic E-state index is -1.94. The summed E-state index contributed by atoms with van der Waals surface area (Å²) in [5, 5.41) is 0. The molecule has 16 heavy (non-hydrogen) atoms. The van der Waals surface area contributed by atoms with Crippen LogP contribution in [0.2, 0.25) is 45.8 Å². The molecule has 2 nitrogen and oxygen atoms in total. The maximum Gasteiger partial charge on any atom is 0.311 e. The average Bonchev–Trinajstić information content (AvgIpc) is 1.78. The van der Waals surface area contributed by atoms with Crippen molar-refractivity contribution in [2.24, 2.45) is 0 Å². The second kappa shape index (κ2) is 6.90. The molecule has 0 radical (unpaired) electrons. The predicted octanol–water partition coefficient (Wildman–Crippen LogP) is 4.76. The molecule has 0 amide bonds. The summed E-state index contributed by atoms with van der Waals surface area (Å²) >= 11 is 0. The highest BCUT2D eigenvalue weighted by atomic mass is 28.5. The van der Waals surface area contributed by atoms with Crippen molar-refractivity contribution in [3.63, 3.8) is 0 Å². The highest BCUT2D eigenvalue weighted by Gasteiger charge is 2.36. The Kier molecular flexibility index (Phi) is 9.31. The van der Waals surface area contributed by atoms with Gasteiger partial charge in [0.25, 0.3) is 0 Å². The molecule has 0 saturated heterocycles. The molecule has 0 aromatic carbocycles. The molecule has 0 atom stereocenters. The minimum absolute atomic E-state index is 0. The fourth-order valence-electron chi connectivity index (χ4n) is 1.43. The third-order valence-corrected chi connectivity index (χ3v) is 11.0. The Morgan fingerprint density at radius 1 is 0.812 bits per heavy atom. The van der Waals surface area contributed by atoms with Crippen LogP contribution in [0.1, 0.15) is 14.9 Å². The molecule has 0 aromatic rings. The summed E-state index contributed by atoms with van der Waals surface area (Å²) in [6.07, 6.45) is 0. The van der Waals surface area contributed by atoms with Crippen molar-refractivity contribution >= 4 is 25.2 Å². The Bertz CT molecular complexity index is 208. The second-order valence-corrected chi connectivity index (χ2v) is 17.8. The number of hydrogen-bond donors (Lipinski definition) is 0. The Labute approximate surface area is 107 Å². The second-order valence-electron chi connectivity index (χ2n) is 5.52. The van der Waals surface area contributed by atoms with Crippen molar-refractivity contribution < 1.29 is 8.23 Å². The summed E-state index contributed by atoms with van der Waals surface area (Å²) in [6.45, 7) is 19.0. The maximum absolute atomic E-state index is 6.12. The lowest BCUT2D eigenvalue weighted by Gasteiger charge is -2.36. The van der Waals surface area contributed by atoms with Crippen molar-refractivity contribution in [2.45, 2.75) is 60.7 Å². The van der Waals surface area contributed by atoms with Gasteiger partial charge in [-0.05, 0) is 45.8 Å².